The number of aliphatic hydroxyl groups excluding tert-OH is 1. The number of carboxylic acid groups (broad SMARTS) is 3. The summed E-state index contributed by atoms with van der Waals surface area (Å²) in [5.41, 5.74) is 17.1. The Morgan fingerprint density at radius 2 is 1.07 bits per heavy atom. The van der Waals surface area contributed by atoms with E-state index in [1.807, 2.05) is 0 Å². The maximum atomic E-state index is 13.7. The summed E-state index contributed by atoms with van der Waals surface area (Å²) in [4.78, 5) is 160. The van der Waals surface area contributed by atoms with E-state index in [-0.39, 0.29) is 37.9 Å². The van der Waals surface area contributed by atoms with E-state index in [1.165, 1.54) is 33.3 Å². The topological polar surface area (TPSA) is 501 Å². The molecule has 0 saturated heterocycles. The molecule has 0 aromatic carbocycles. The van der Waals surface area contributed by atoms with Crippen LogP contribution in [0.4, 0.5) is 0 Å². The molecule has 0 spiro atoms. The van der Waals surface area contributed by atoms with Crippen LogP contribution in [0.5, 0.6) is 0 Å². The zero-order valence-corrected chi connectivity index (χ0v) is 40.5. The zero-order chi connectivity index (χ0) is 54.7. The summed E-state index contributed by atoms with van der Waals surface area (Å²) in [6.07, 6.45) is 0.117. The van der Waals surface area contributed by atoms with Gasteiger partial charge in [-0.25, -0.2) is 9.78 Å². The smallest absolute Gasteiger partial charge is 0.326 e. The number of nitrogens with one attached hydrogen (secondary N) is 10. The van der Waals surface area contributed by atoms with E-state index in [0.29, 0.717) is 25.8 Å². The predicted molar refractivity (Wildman–Crippen MR) is 250 cm³/mol. The summed E-state index contributed by atoms with van der Waals surface area (Å²) in [5.74, 6) is -13.2. The summed E-state index contributed by atoms with van der Waals surface area (Å²) >= 11 is 0. The highest BCUT2D eigenvalue weighted by Gasteiger charge is 2.36. The van der Waals surface area contributed by atoms with Crippen LogP contribution in [0.25, 0.3) is 0 Å². The molecule has 1 aromatic heterocycles. The van der Waals surface area contributed by atoms with Crippen LogP contribution < -0.4 is 65.1 Å². The molecule has 404 valence electrons. The van der Waals surface area contributed by atoms with Crippen molar-refractivity contribution >= 4 is 71.1 Å². The Labute approximate surface area is 413 Å². The number of rotatable bonds is 35. The van der Waals surface area contributed by atoms with Gasteiger partial charge in [0.25, 0.3) is 0 Å². The second-order valence-electron chi connectivity index (χ2n) is 16.8. The lowest BCUT2D eigenvalue weighted by Crippen LogP contribution is -2.61. The molecule has 1 heterocycles. The van der Waals surface area contributed by atoms with Gasteiger partial charge < -0.3 is 90.5 Å². The molecule has 10 atom stereocenters. The first-order valence-corrected chi connectivity index (χ1v) is 23.0. The lowest BCUT2D eigenvalue weighted by atomic mass is 10.0. The van der Waals surface area contributed by atoms with Gasteiger partial charge in [0.2, 0.25) is 53.2 Å². The van der Waals surface area contributed by atoms with Crippen LogP contribution >= 0.6 is 0 Å². The molecule has 0 aliphatic carbocycles. The molecule has 20 N–H and O–H groups in total. The van der Waals surface area contributed by atoms with Crippen LogP contribution in [0.15, 0.2) is 12.5 Å². The molecule has 1 aromatic rings. The number of H-pyrrole nitrogens is 1. The van der Waals surface area contributed by atoms with E-state index in [4.69, 9.17) is 22.3 Å². The summed E-state index contributed by atoms with van der Waals surface area (Å²) in [7, 11) is 0. The third-order valence-electron chi connectivity index (χ3n) is 10.5. The number of carboxylic acids is 3. The van der Waals surface area contributed by atoms with Crippen molar-refractivity contribution in [2.75, 3.05) is 19.6 Å². The normalized spacial score (nSPS) is 15.1. The van der Waals surface area contributed by atoms with E-state index in [2.05, 4.69) is 57.8 Å². The number of carbonyl (C=O) groups is 12. The van der Waals surface area contributed by atoms with Gasteiger partial charge in [-0.2, -0.15) is 0 Å². The van der Waals surface area contributed by atoms with Crippen LogP contribution in [0.3, 0.4) is 0 Å². The van der Waals surface area contributed by atoms with Crippen molar-refractivity contribution in [3.63, 3.8) is 0 Å². The highest BCUT2D eigenvalue weighted by Crippen LogP contribution is 2.08. The fourth-order valence-corrected chi connectivity index (χ4v) is 6.38. The standard InChI is InChI=1S/C42H70N14O16/c1-20(45)34(63)51-25(9-5-7-13-43)38(67)50-22(3)36(65)52-26(10-6-8-14-44)39(68)56-33(23(4)57)41(70)55-29(16-32(61)62)40(69)54-28(15-24-17-46-19-48-24)37(66)47-18-30(58)49-21(2)35(64)53-27(42(71)72)11-12-31(59)60/h17,19-23,25-29,33,57H,5-16,18,43-45H2,1-4H3,(H,46,48)(H,47,66)(H,49,58)(H,50,67)(H,51,63)(H,52,65)(H,53,64)(H,54,69)(H,55,70)(H,56,68)(H,59,60)(H,61,62)(H,71,72)/t20-,21-,22-,23+,25-,26-,27-,28-,29-,33-/m0/s1. The van der Waals surface area contributed by atoms with Crippen LogP contribution in [0, 0.1) is 0 Å². The van der Waals surface area contributed by atoms with Gasteiger partial charge in [0.15, 0.2) is 0 Å². The first-order valence-electron chi connectivity index (χ1n) is 23.0. The second-order valence-corrected chi connectivity index (χ2v) is 16.8. The molecule has 30 nitrogen and oxygen atoms in total. The maximum absolute atomic E-state index is 13.7. The van der Waals surface area contributed by atoms with Gasteiger partial charge in [0, 0.05) is 24.7 Å². The average molecular weight is 1030 g/mol. The average Bonchev–Trinajstić information content (AvgIpc) is 3.82. The minimum Gasteiger partial charge on any atom is -0.481 e. The summed E-state index contributed by atoms with van der Waals surface area (Å²) in [6, 6.07) is -13.1. The molecule has 72 heavy (non-hydrogen) atoms. The molecule has 0 aliphatic rings. The summed E-state index contributed by atoms with van der Waals surface area (Å²) in [5, 5.41) is 59.3. The number of unbranched alkanes of at least 4 members (excludes halogenated alkanes) is 2. The van der Waals surface area contributed by atoms with Crippen molar-refractivity contribution in [2.24, 2.45) is 17.2 Å². The maximum Gasteiger partial charge on any atom is 0.326 e. The lowest BCUT2D eigenvalue weighted by Gasteiger charge is -2.28. The summed E-state index contributed by atoms with van der Waals surface area (Å²) in [6.45, 7) is 4.72. The quantitative estimate of drug-likeness (QED) is 0.0281. The number of hydrogen-bond acceptors (Lipinski definition) is 17. The van der Waals surface area contributed by atoms with Gasteiger partial charge in [0.05, 0.1) is 31.4 Å². The Hall–Kier alpha value is -7.31. The van der Waals surface area contributed by atoms with Gasteiger partial charge in [0.1, 0.15) is 48.3 Å². The third-order valence-corrected chi connectivity index (χ3v) is 10.5. The molecule has 0 saturated carbocycles. The van der Waals surface area contributed by atoms with E-state index in [0.717, 1.165) is 6.92 Å². The Bertz CT molecular complexity index is 2020. The van der Waals surface area contributed by atoms with Crippen LogP contribution in [0.1, 0.15) is 91.2 Å². The first-order chi connectivity index (χ1) is 33.8. The first kappa shape index (κ1) is 62.7. The minimum atomic E-state index is -1.97. The van der Waals surface area contributed by atoms with Crippen LogP contribution in [0.2, 0.25) is 0 Å². The number of hydrogen-bond donors (Lipinski definition) is 17. The second kappa shape index (κ2) is 32.6. The number of nitrogens with zero attached hydrogens (tertiary/aromatic N) is 1. The monoisotopic (exact) mass is 1030 g/mol. The number of carbonyl (C=O) groups excluding carboxylic acids is 9. The van der Waals surface area contributed by atoms with Gasteiger partial charge in [-0.05, 0) is 85.7 Å². The molecule has 0 bridgehead atoms. The number of aliphatic hydroxyl groups is 1. The number of aromatic amines is 1. The molecular formula is C42H70N14O16. The summed E-state index contributed by atoms with van der Waals surface area (Å²) < 4.78 is 0. The van der Waals surface area contributed by atoms with Gasteiger partial charge in [-0.15, -0.1) is 0 Å². The Balaban J connectivity index is 3.22. The van der Waals surface area contributed by atoms with Crippen molar-refractivity contribution < 1.29 is 78.0 Å². The molecule has 1 rings (SSSR count). The fraction of sp³-hybridized carbons (Fsp3) is 0.643. The van der Waals surface area contributed by atoms with Crippen molar-refractivity contribution in [2.45, 2.75) is 152 Å². The fourth-order valence-electron chi connectivity index (χ4n) is 6.38. The Kier molecular flexibility index (Phi) is 28.3. The number of amides is 9. The number of nitrogens with two attached hydrogens (primary N) is 3. The Morgan fingerprint density at radius 3 is 1.56 bits per heavy atom. The van der Waals surface area contributed by atoms with E-state index in [9.17, 15) is 72.9 Å². The lowest BCUT2D eigenvalue weighted by molar-refractivity contribution is -0.143. The zero-order valence-electron chi connectivity index (χ0n) is 40.5. The van der Waals surface area contributed by atoms with Crippen LogP contribution in [-0.4, -0.2) is 182 Å². The van der Waals surface area contributed by atoms with Crippen molar-refractivity contribution in [3.05, 3.63) is 18.2 Å². The highest BCUT2D eigenvalue weighted by atomic mass is 16.4. The van der Waals surface area contributed by atoms with Gasteiger partial charge in [-0.3, -0.25) is 52.7 Å². The van der Waals surface area contributed by atoms with E-state index >= 15 is 0 Å². The SMILES string of the molecule is C[C@H](N)C(=O)N[C@@H](CCCCN)C(=O)N[C@@H](C)C(=O)N[C@@H](CCCCN)C(=O)N[C@H](C(=O)N[C@@H](CC(=O)O)C(=O)N[C@@H](Cc1cnc[nH]1)C(=O)NCC(=O)N[C@@H](C)C(=O)N[C@@H](CCC(=O)O)C(=O)O)[C@@H](C)O. The number of aromatic nitrogens is 2. The Morgan fingerprint density at radius 1 is 0.569 bits per heavy atom. The van der Waals surface area contributed by atoms with E-state index < -0.39 is 157 Å². The van der Waals surface area contributed by atoms with Crippen molar-refractivity contribution in [3.8, 4) is 0 Å². The molecule has 0 unspecified atom stereocenters. The molecule has 0 aliphatic heterocycles. The highest BCUT2D eigenvalue weighted by molar-refractivity contribution is 5.99. The largest absolute Gasteiger partial charge is 0.481 e. The molecule has 30 heteroatoms. The molecule has 0 radical (unpaired) electrons. The number of aliphatic carboxylic acids is 3. The minimum absolute atomic E-state index is 0.0566. The predicted octanol–water partition coefficient (Wildman–Crippen LogP) is -6.60. The number of imidazole rings is 1. The van der Waals surface area contributed by atoms with Gasteiger partial charge in [-0.1, -0.05) is 0 Å². The molecular weight excluding hydrogens is 957 g/mol. The van der Waals surface area contributed by atoms with Crippen molar-refractivity contribution in [1.29, 1.82) is 0 Å². The van der Waals surface area contributed by atoms with E-state index in [1.54, 1.807) is 0 Å². The van der Waals surface area contributed by atoms with Crippen molar-refractivity contribution in [1.82, 2.24) is 57.8 Å². The molecule has 0 fully saturated rings. The third kappa shape index (κ3) is 24.0. The van der Waals surface area contributed by atoms with Gasteiger partial charge >= 0.3 is 17.9 Å². The van der Waals surface area contributed by atoms with Crippen LogP contribution in [-0.2, 0) is 64.0 Å². The molecule has 9 amide bonds.